The van der Waals surface area contributed by atoms with Crippen LogP contribution in [0.25, 0.3) is 32.9 Å². The lowest BCUT2D eigenvalue weighted by Gasteiger charge is -2.06. The molecule has 0 aliphatic carbocycles. The van der Waals surface area contributed by atoms with Crippen molar-refractivity contribution in [3.05, 3.63) is 113 Å². The number of rotatable bonds is 4. The third-order valence-corrected chi connectivity index (χ3v) is 6.53. The number of aromatic nitrogens is 2. The van der Waals surface area contributed by atoms with Gasteiger partial charge in [0.15, 0.2) is 0 Å². The second-order valence-electron chi connectivity index (χ2n) is 9.33. The second-order valence-corrected chi connectivity index (χ2v) is 9.33. The Bertz CT molecular complexity index is 1550. The second kappa shape index (κ2) is 7.76. The number of hydrogen-bond donors (Lipinski definition) is 0. The first-order chi connectivity index (χ1) is 16.2. The molecule has 0 spiro atoms. The van der Waals surface area contributed by atoms with Gasteiger partial charge in [-0.1, -0.05) is 52.0 Å². The molecule has 0 amide bonds. The molecule has 2 heterocycles. The first-order valence-corrected chi connectivity index (χ1v) is 11.3. The molecule has 0 saturated carbocycles. The van der Waals surface area contributed by atoms with E-state index in [0.29, 0.717) is 23.2 Å². The summed E-state index contributed by atoms with van der Waals surface area (Å²) in [5.74, 6) is 0.640. The van der Waals surface area contributed by atoms with Crippen LogP contribution in [0.3, 0.4) is 0 Å². The Hall–Kier alpha value is -4.06. The molecule has 0 atom stereocenters. The van der Waals surface area contributed by atoms with E-state index < -0.39 is 22.2 Å². The van der Waals surface area contributed by atoms with Crippen LogP contribution in [0.1, 0.15) is 50.7 Å². The molecule has 0 radical (unpaired) electrons. The van der Waals surface area contributed by atoms with Crippen LogP contribution >= 0.6 is 0 Å². The van der Waals surface area contributed by atoms with Gasteiger partial charge in [0.25, 0.3) is 22.2 Å². The van der Waals surface area contributed by atoms with E-state index in [-0.39, 0.29) is 21.5 Å². The molecule has 0 saturated heterocycles. The fourth-order valence-corrected chi connectivity index (χ4v) is 4.46. The number of fused-ring (bicyclic) bond motifs is 2. The molecular weight excluding hydrogens is 428 g/mol. The highest BCUT2D eigenvalue weighted by atomic mass is 16.2. The zero-order valence-electron chi connectivity index (χ0n) is 19.5. The van der Waals surface area contributed by atoms with Crippen molar-refractivity contribution in [2.24, 2.45) is 0 Å². The number of benzene rings is 3. The molecule has 6 nitrogen and oxygen atoms in total. The molecule has 0 unspecified atom stereocenters. The molecule has 2 aromatic heterocycles. The van der Waals surface area contributed by atoms with Crippen LogP contribution < -0.4 is 22.2 Å². The minimum absolute atomic E-state index is 0.134. The molecule has 170 valence electrons. The summed E-state index contributed by atoms with van der Waals surface area (Å²) in [7, 11) is 0. The molecule has 5 rings (SSSR count). The summed E-state index contributed by atoms with van der Waals surface area (Å²) < 4.78 is 2.20. The monoisotopic (exact) mass is 452 g/mol. The van der Waals surface area contributed by atoms with E-state index in [1.165, 1.54) is 12.1 Å². The van der Waals surface area contributed by atoms with Gasteiger partial charge < -0.3 is 0 Å². The van der Waals surface area contributed by atoms with Gasteiger partial charge in [-0.2, -0.15) is 0 Å². The predicted molar refractivity (Wildman–Crippen MR) is 136 cm³/mol. The minimum atomic E-state index is -0.500. The Kier molecular flexibility index (Phi) is 4.97. The Morgan fingerprint density at radius 2 is 0.735 bits per heavy atom. The maximum absolute atomic E-state index is 13.2. The fraction of sp³-hybridized carbons (Fsp3) is 0.214. The Balaban J connectivity index is 1.72. The van der Waals surface area contributed by atoms with Crippen molar-refractivity contribution in [2.75, 3.05) is 0 Å². The van der Waals surface area contributed by atoms with Crippen molar-refractivity contribution in [3.8, 4) is 11.4 Å². The topological polar surface area (TPSA) is 78.1 Å². The molecular formula is C28H24N2O4. The average Bonchev–Trinajstić information content (AvgIpc) is 3.22. The summed E-state index contributed by atoms with van der Waals surface area (Å²) in [4.78, 5) is 52.7. The van der Waals surface area contributed by atoms with Gasteiger partial charge >= 0.3 is 0 Å². The van der Waals surface area contributed by atoms with Crippen LogP contribution in [-0.4, -0.2) is 9.13 Å². The van der Waals surface area contributed by atoms with Gasteiger partial charge in [0.2, 0.25) is 0 Å². The van der Waals surface area contributed by atoms with E-state index in [1.54, 1.807) is 24.3 Å². The van der Waals surface area contributed by atoms with E-state index in [0.717, 1.165) is 20.3 Å². The smallest absolute Gasteiger partial charge is 0.266 e. The molecule has 0 N–H and O–H groups in total. The molecule has 0 aliphatic heterocycles. The van der Waals surface area contributed by atoms with Gasteiger partial charge in [0.1, 0.15) is 0 Å². The van der Waals surface area contributed by atoms with E-state index in [2.05, 4.69) is 27.7 Å². The predicted octanol–water partition coefficient (Wildman–Crippen LogP) is 4.14. The summed E-state index contributed by atoms with van der Waals surface area (Å²) in [5, 5.41) is 0.536. The summed E-state index contributed by atoms with van der Waals surface area (Å²) in [6.07, 6.45) is 0. The van der Waals surface area contributed by atoms with Crippen molar-refractivity contribution >= 4 is 21.5 Å². The SMILES string of the molecule is CC(C)c1ccc(-n2c(=O)c3cc4c(=O)n(-c5ccc(C(C)C)cc5)c(=O)c4cc3c2=O)cc1. The zero-order valence-corrected chi connectivity index (χ0v) is 19.5. The normalized spacial score (nSPS) is 11.9. The van der Waals surface area contributed by atoms with E-state index in [9.17, 15) is 19.2 Å². The van der Waals surface area contributed by atoms with Gasteiger partial charge in [0.05, 0.1) is 32.9 Å². The van der Waals surface area contributed by atoms with Crippen LogP contribution in [0.4, 0.5) is 0 Å². The molecule has 5 aromatic rings. The quantitative estimate of drug-likeness (QED) is 0.411. The van der Waals surface area contributed by atoms with E-state index in [4.69, 9.17) is 0 Å². The molecule has 34 heavy (non-hydrogen) atoms. The van der Waals surface area contributed by atoms with E-state index >= 15 is 0 Å². The van der Waals surface area contributed by atoms with Gasteiger partial charge in [-0.25, -0.2) is 9.13 Å². The van der Waals surface area contributed by atoms with Gasteiger partial charge in [0, 0.05) is 0 Å². The third-order valence-electron chi connectivity index (χ3n) is 6.53. The molecule has 6 heteroatoms. The minimum Gasteiger partial charge on any atom is -0.268 e. The zero-order chi connectivity index (χ0) is 24.3. The van der Waals surface area contributed by atoms with Crippen LogP contribution in [0.2, 0.25) is 0 Å². The molecule has 0 aliphatic rings. The maximum Gasteiger partial charge on any atom is 0.266 e. The lowest BCUT2D eigenvalue weighted by Crippen LogP contribution is -2.24. The average molecular weight is 453 g/mol. The first-order valence-electron chi connectivity index (χ1n) is 11.3. The van der Waals surface area contributed by atoms with Crippen molar-refractivity contribution in [1.29, 1.82) is 0 Å². The molecule has 0 fully saturated rings. The standard InChI is InChI=1S/C28H24N2O4/c1-15(2)17-5-9-19(10-6-17)29-25(31)21-13-23-24(14-22(21)26(29)32)28(34)30(27(23)33)20-11-7-18(8-12-20)16(3)4/h5-16H,1-4H3. The van der Waals surface area contributed by atoms with Crippen molar-refractivity contribution < 1.29 is 0 Å². The highest BCUT2D eigenvalue weighted by Gasteiger charge is 2.21. The van der Waals surface area contributed by atoms with Crippen molar-refractivity contribution in [1.82, 2.24) is 9.13 Å². The van der Waals surface area contributed by atoms with Crippen LogP contribution in [0.5, 0.6) is 0 Å². The Morgan fingerprint density at radius 3 is 0.971 bits per heavy atom. The fourth-order valence-electron chi connectivity index (χ4n) is 4.46. The number of hydrogen-bond acceptors (Lipinski definition) is 4. The van der Waals surface area contributed by atoms with Crippen molar-refractivity contribution in [3.63, 3.8) is 0 Å². The summed E-state index contributed by atoms with van der Waals surface area (Å²) in [6, 6.07) is 17.3. The van der Waals surface area contributed by atoms with Gasteiger partial charge in [-0.15, -0.1) is 0 Å². The lowest BCUT2D eigenvalue weighted by atomic mass is 10.0. The largest absolute Gasteiger partial charge is 0.268 e. The van der Waals surface area contributed by atoms with Gasteiger partial charge in [-0.05, 0) is 59.4 Å². The van der Waals surface area contributed by atoms with Crippen LogP contribution in [0, 0.1) is 0 Å². The van der Waals surface area contributed by atoms with Crippen molar-refractivity contribution in [2.45, 2.75) is 39.5 Å². The van der Waals surface area contributed by atoms with Crippen LogP contribution in [-0.2, 0) is 0 Å². The number of nitrogens with zero attached hydrogens (tertiary/aromatic N) is 2. The summed E-state index contributed by atoms with van der Waals surface area (Å²) >= 11 is 0. The van der Waals surface area contributed by atoms with Gasteiger partial charge in [-0.3, -0.25) is 19.2 Å². The highest BCUT2D eigenvalue weighted by molar-refractivity contribution is 5.98. The maximum atomic E-state index is 13.2. The highest BCUT2D eigenvalue weighted by Crippen LogP contribution is 2.20. The first kappa shape index (κ1) is 21.8. The van der Waals surface area contributed by atoms with Crippen LogP contribution in [0.15, 0.2) is 79.8 Å². The third kappa shape index (κ3) is 3.17. The molecule has 0 bridgehead atoms. The summed E-state index contributed by atoms with van der Waals surface area (Å²) in [6.45, 7) is 8.26. The Labute approximate surface area is 195 Å². The molecule has 3 aromatic carbocycles. The summed E-state index contributed by atoms with van der Waals surface area (Å²) in [5.41, 5.74) is 1.11. The lowest BCUT2D eigenvalue weighted by molar-refractivity contribution is 0.864. The van der Waals surface area contributed by atoms with E-state index in [1.807, 2.05) is 24.3 Å². The Morgan fingerprint density at radius 1 is 0.471 bits per heavy atom.